The first-order chi connectivity index (χ1) is 35.0. The zero-order valence-electron chi connectivity index (χ0n) is 47.0. The predicted molar refractivity (Wildman–Crippen MR) is 307 cm³/mol. The smallest absolute Gasteiger partial charge is 0.306 e. The fourth-order valence-electron chi connectivity index (χ4n) is 8.65. The van der Waals surface area contributed by atoms with E-state index in [2.05, 4.69) is 93.7 Å². The summed E-state index contributed by atoms with van der Waals surface area (Å²) in [5, 5.41) is 0. The fourth-order valence-corrected chi connectivity index (χ4v) is 8.65. The number of hydrogen-bond donors (Lipinski definition) is 0. The lowest BCUT2D eigenvalue weighted by molar-refractivity contribution is -0.167. The van der Waals surface area contributed by atoms with Gasteiger partial charge in [-0.1, -0.05) is 273 Å². The Hall–Kier alpha value is -3.15. The maximum absolute atomic E-state index is 12.9. The van der Waals surface area contributed by atoms with Crippen LogP contribution < -0.4 is 0 Å². The highest BCUT2D eigenvalue weighted by atomic mass is 16.6. The third-order valence-corrected chi connectivity index (χ3v) is 13.2. The molecule has 0 aromatic carbocycles. The Morgan fingerprint density at radius 2 is 0.563 bits per heavy atom. The van der Waals surface area contributed by atoms with Gasteiger partial charge in [-0.25, -0.2) is 0 Å². The van der Waals surface area contributed by atoms with Gasteiger partial charge in [-0.3, -0.25) is 14.4 Å². The lowest BCUT2D eigenvalue weighted by Gasteiger charge is -2.18. The molecule has 6 nitrogen and oxygen atoms in total. The molecule has 0 N–H and O–H groups in total. The molecule has 0 saturated heterocycles. The van der Waals surface area contributed by atoms with Crippen LogP contribution in [0, 0.1) is 0 Å². The SMILES string of the molecule is CC/C=C\C/C=C\C/C=C\C/C=C\C/C=C\CCCC(=O)OC[C@H](COC(=O)CCCCCCCCCCCCCCCCCCCCC)OC(=O)CCCCCCCCC/C=C\CCCCCCCC. The van der Waals surface area contributed by atoms with E-state index in [1.54, 1.807) is 0 Å². The van der Waals surface area contributed by atoms with Crippen molar-refractivity contribution in [3.63, 3.8) is 0 Å². The Morgan fingerprint density at radius 1 is 0.296 bits per heavy atom. The Kier molecular flexibility index (Phi) is 56.8. The van der Waals surface area contributed by atoms with Crippen LogP contribution in [0.4, 0.5) is 0 Å². The Morgan fingerprint density at radius 3 is 0.930 bits per heavy atom. The molecule has 0 saturated carbocycles. The molecule has 0 heterocycles. The Labute approximate surface area is 440 Å². The zero-order chi connectivity index (χ0) is 51.4. The molecule has 1 atom stereocenters. The number of esters is 3. The van der Waals surface area contributed by atoms with Crippen LogP contribution in [0.3, 0.4) is 0 Å². The second kappa shape index (κ2) is 59.4. The summed E-state index contributed by atoms with van der Waals surface area (Å²) in [6.45, 7) is 6.51. The number of carbonyl (C=O) groups is 3. The fraction of sp³-hybridized carbons (Fsp3) is 0.769. The standard InChI is InChI=1S/C65H114O6/c1-4-7-10-13-16-19-22-25-28-31-32-35-37-40-43-46-49-52-55-58-64(67)70-61-62(71-65(68)59-56-53-50-47-44-41-38-34-30-27-24-21-18-15-12-9-6-3)60-69-63(66)57-54-51-48-45-42-39-36-33-29-26-23-20-17-14-11-8-5-2/h8,11,17,20,26-27,29-30,36,39,45,48,62H,4-7,9-10,12-16,18-19,21-25,28,31-35,37-38,40-44,46-47,49-61H2,1-3H3/b11-8-,20-17-,29-26-,30-27-,39-36-,48-45-/t62-/m1/s1. The van der Waals surface area contributed by atoms with Crippen LogP contribution in [0.5, 0.6) is 0 Å². The van der Waals surface area contributed by atoms with E-state index < -0.39 is 6.10 Å². The van der Waals surface area contributed by atoms with Crippen LogP contribution in [0.1, 0.15) is 303 Å². The summed E-state index contributed by atoms with van der Waals surface area (Å²) in [4.78, 5) is 38.2. The van der Waals surface area contributed by atoms with Gasteiger partial charge in [0.1, 0.15) is 13.2 Å². The summed E-state index contributed by atoms with van der Waals surface area (Å²) in [5.74, 6) is -0.944. The lowest BCUT2D eigenvalue weighted by atomic mass is 10.0. The molecule has 0 amide bonds. The van der Waals surface area contributed by atoms with Crippen LogP contribution in [0.25, 0.3) is 0 Å². The summed E-state index contributed by atoms with van der Waals surface area (Å²) < 4.78 is 16.9. The normalized spacial score (nSPS) is 12.5. The van der Waals surface area contributed by atoms with E-state index in [1.807, 2.05) is 0 Å². The molecular weight excluding hydrogens is 877 g/mol. The molecule has 0 aliphatic carbocycles. The second-order valence-electron chi connectivity index (χ2n) is 20.2. The average molecular weight is 992 g/mol. The van der Waals surface area contributed by atoms with Crippen LogP contribution in [-0.2, 0) is 28.6 Å². The summed E-state index contributed by atoms with van der Waals surface area (Å²) >= 11 is 0. The van der Waals surface area contributed by atoms with Crippen molar-refractivity contribution in [3.05, 3.63) is 72.9 Å². The van der Waals surface area contributed by atoms with Crippen molar-refractivity contribution >= 4 is 17.9 Å². The highest BCUT2D eigenvalue weighted by Crippen LogP contribution is 2.16. The molecule has 0 rings (SSSR count). The lowest BCUT2D eigenvalue weighted by Crippen LogP contribution is -2.30. The van der Waals surface area contributed by atoms with Gasteiger partial charge in [0.2, 0.25) is 0 Å². The van der Waals surface area contributed by atoms with E-state index in [0.717, 1.165) is 77.0 Å². The largest absolute Gasteiger partial charge is 0.462 e. The van der Waals surface area contributed by atoms with Crippen LogP contribution in [0.15, 0.2) is 72.9 Å². The number of rotatable bonds is 55. The molecule has 410 valence electrons. The van der Waals surface area contributed by atoms with E-state index in [4.69, 9.17) is 14.2 Å². The molecule has 0 spiro atoms. The highest BCUT2D eigenvalue weighted by molar-refractivity contribution is 5.71. The maximum Gasteiger partial charge on any atom is 0.306 e. The molecule has 0 aromatic heterocycles. The molecule has 71 heavy (non-hydrogen) atoms. The van der Waals surface area contributed by atoms with E-state index in [1.165, 1.54) is 180 Å². The van der Waals surface area contributed by atoms with Gasteiger partial charge in [0.25, 0.3) is 0 Å². The van der Waals surface area contributed by atoms with E-state index in [0.29, 0.717) is 19.3 Å². The van der Waals surface area contributed by atoms with Gasteiger partial charge in [0.15, 0.2) is 6.10 Å². The maximum atomic E-state index is 12.9. The Bertz CT molecular complexity index is 1320. The van der Waals surface area contributed by atoms with E-state index in [9.17, 15) is 14.4 Å². The molecule has 0 aliphatic heterocycles. The topological polar surface area (TPSA) is 78.9 Å². The van der Waals surface area contributed by atoms with E-state index >= 15 is 0 Å². The number of hydrogen-bond acceptors (Lipinski definition) is 6. The Balaban J connectivity index is 4.43. The third-order valence-electron chi connectivity index (χ3n) is 13.2. The van der Waals surface area contributed by atoms with Crippen molar-refractivity contribution in [2.75, 3.05) is 13.2 Å². The molecular formula is C65H114O6. The van der Waals surface area contributed by atoms with Crippen molar-refractivity contribution in [2.24, 2.45) is 0 Å². The number of carbonyl (C=O) groups excluding carboxylic acids is 3. The van der Waals surface area contributed by atoms with Crippen LogP contribution >= 0.6 is 0 Å². The zero-order valence-corrected chi connectivity index (χ0v) is 47.0. The average Bonchev–Trinajstić information content (AvgIpc) is 3.37. The van der Waals surface area contributed by atoms with Crippen molar-refractivity contribution in [1.82, 2.24) is 0 Å². The summed E-state index contributed by atoms with van der Waals surface area (Å²) in [6.07, 6.45) is 76.2. The van der Waals surface area contributed by atoms with Gasteiger partial charge in [-0.2, -0.15) is 0 Å². The van der Waals surface area contributed by atoms with E-state index in [-0.39, 0.29) is 37.5 Å². The number of allylic oxidation sites excluding steroid dienone is 12. The van der Waals surface area contributed by atoms with Crippen molar-refractivity contribution in [2.45, 2.75) is 309 Å². The molecule has 0 radical (unpaired) electrons. The predicted octanol–water partition coefficient (Wildman–Crippen LogP) is 20.5. The van der Waals surface area contributed by atoms with Crippen molar-refractivity contribution in [1.29, 1.82) is 0 Å². The number of ether oxygens (including phenoxy) is 3. The van der Waals surface area contributed by atoms with Crippen molar-refractivity contribution < 1.29 is 28.6 Å². The summed E-state index contributed by atoms with van der Waals surface area (Å²) in [7, 11) is 0. The van der Waals surface area contributed by atoms with Crippen molar-refractivity contribution in [3.8, 4) is 0 Å². The molecule has 0 aliphatic rings. The van der Waals surface area contributed by atoms with Gasteiger partial charge < -0.3 is 14.2 Å². The first-order valence-corrected chi connectivity index (χ1v) is 30.4. The second-order valence-corrected chi connectivity index (χ2v) is 20.2. The van der Waals surface area contributed by atoms with Gasteiger partial charge in [0, 0.05) is 19.3 Å². The summed E-state index contributed by atoms with van der Waals surface area (Å²) in [6, 6.07) is 0. The van der Waals surface area contributed by atoms with Gasteiger partial charge in [-0.15, -0.1) is 0 Å². The third kappa shape index (κ3) is 57.6. The minimum atomic E-state index is -0.800. The minimum Gasteiger partial charge on any atom is -0.462 e. The van der Waals surface area contributed by atoms with Crippen LogP contribution in [-0.4, -0.2) is 37.2 Å². The summed E-state index contributed by atoms with van der Waals surface area (Å²) in [5.41, 5.74) is 0. The van der Waals surface area contributed by atoms with Gasteiger partial charge in [0.05, 0.1) is 0 Å². The first-order valence-electron chi connectivity index (χ1n) is 30.4. The van der Waals surface area contributed by atoms with Crippen LogP contribution in [0.2, 0.25) is 0 Å². The highest BCUT2D eigenvalue weighted by Gasteiger charge is 2.19. The molecule has 0 unspecified atom stereocenters. The molecule has 0 bridgehead atoms. The molecule has 0 fully saturated rings. The monoisotopic (exact) mass is 991 g/mol. The van der Waals surface area contributed by atoms with Gasteiger partial charge in [-0.05, 0) is 83.5 Å². The first kappa shape index (κ1) is 67.8. The quantitative estimate of drug-likeness (QED) is 0.0261. The van der Waals surface area contributed by atoms with Gasteiger partial charge >= 0.3 is 17.9 Å². The molecule has 6 heteroatoms. The minimum absolute atomic E-state index is 0.0920. The molecule has 0 aromatic rings. The number of unbranched alkanes of at least 4 members (excludes halogenated alkanes) is 32.